The number of phosphoric acid groups is 1. The topological polar surface area (TPSA) is 105 Å². The van der Waals surface area contributed by atoms with Gasteiger partial charge in [-0.15, -0.1) is 0 Å². The molecule has 0 aromatic heterocycles. The van der Waals surface area contributed by atoms with Crippen LogP contribution in [0.1, 0.15) is 110 Å². The Bertz CT molecular complexity index is 997. The highest BCUT2D eigenvalue weighted by Gasteiger charge is 2.28. The number of quaternary nitrogens is 1. The molecule has 0 aliphatic heterocycles. The zero-order valence-electron chi connectivity index (χ0n) is 30.2. The van der Waals surface area contributed by atoms with E-state index in [0.29, 0.717) is 23.9 Å². The maximum Gasteiger partial charge on any atom is 0.472 e. The molecule has 3 unspecified atom stereocenters. The molecule has 0 bridgehead atoms. The first kappa shape index (κ1) is 44.9. The van der Waals surface area contributed by atoms with Crippen LogP contribution in [0.5, 0.6) is 0 Å². The van der Waals surface area contributed by atoms with Crippen LogP contribution >= 0.6 is 7.82 Å². The van der Waals surface area contributed by atoms with Crippen molar-refractivity contribution in [1.29, 1.82) is 0 Å². The highest BCUT2D eigenvalue weighted by molar-refractivity contribution is 7.47. The Kier molecular flexibility index (Phi) is 28.7. The lowest BCUT2D eigenvalue weighted by atomic mass is 10.0. The lowest BCUT2D eigenvalue weighted by Crippen LogP contribution is -2.46. The predicted octanol–water partition coefficient (Wildman–Crippen LogP) is 8.90. The number of hydrogen-bond donors (Lipinski definition) is 3. The summed E-state index contributed by atoms with van der Waals surface area (Å²) >= 11 is 0. The van der Waals surface area contributed by atoms with Gasteiger partial charge in [-0.3, -0.25) is 13.8 Å². The number of unbranched alkanes of at least 4 members (excludes halogenated alkanes) is 5. The fourth-order valence-corrected chi connectivity index (χ4v) is 5.09. The molecule has 0 saturated carbocycles. The number of amides is 1. The fraction of sp³-hybridized carbons (Fsp3) is 0.658. The van der Waals surface area contributed by atoms with Crippen LogP contribution < -0.4 is 5.32 Å². The Morgan fingerprint density at radius 1 is 0.745 bits per heavy atom. The largest absolute Gasteiger partial charge is 0.472 e. The van der Waals surface area contributed by atoms with Crippen molar-refractivity contribution in [3.63, 3.8) is 0 Å². The van der Waals surface area contributed by atoms with Gasteiger partial charge in [0.1, 0.15) is 13.2 Å². The molecule has 47 heavy (non-hydrogen) atoms. The molecular formula is C38H68N2O6P+. The average molecular weight is 680 g/mol. The van der Waals surface area contributed by atoms with E-state index in [9.17, 15) is 19.4 Å². The second kappa shape index (κ2) is 30.0. The Labute approximate surface area is 287 Å². The Hall–Kier alpha value is -2.06. The molecule has 0 spiro atoms. The Morgan fingerprint density at radius 3 is 1.74 bits per heavy atom. The number of phosphoric ester groups is 1. The van der Waals surface area contributed by atoms with E-state index < -0.39 is 20.0 Å². The SMILES string of the molecule is CC/C=C\C/C=C\C/C=C\C/C=C\C/C=C\C/C=C\CCC(=O)NC(COP(=O)(O)OCC[N+](C)(C)C)C(O)CCCCCCCC. The number of carbonyl (C=O) groups excluding carboxylic acids is 1. The maximum atomic E-state index is 12.7. The van der Waals surface area contributed by atoms with Gasteiger partial charge >= 0.3 is 7.82 Å². The van der Waals surface area contributed by atoms with E-state index in [-0.39, 0.29) is 25.5 Å². The minimum absolute atomic E-state index is 0.0561. The molecule has 0 radical (unpaired) electrons. The normalized spacial score (nSPS) is 15.6. The molecule has 9 heteroatoms. The van der Waals surface area contributed by atoms with Crippen molar-refractivity contribution in [2.75, 3.05) is 40.9 Å². The van der Waals surface area contributed by atoms with Crippen molar-refractivity contribution in [2.24, 2.45) is 0 Å². The summed E-state index contributed by atoms with van der Waals surface area (Å²) in [7, 11) is 1.55. The summed E-state index contributed by atoms with van der Waals surface area (Å²) in [6.07, 6.45) is 38.3. The first-order valence-electron chi connectivity index (χ1n) is 17.8. The predicted molar refractivity (Wildman–Crippen MR) is 198 cm³/mol. The first-order valence-corrected chi connectivity index (χ1v) is 19.3. The summed E-state index contributed by atoms with van der Waals surface area (Å²) in [5.74, 6) is -0.237. The van der Waals surface area contributed by atoms with Gasteiger partial charge in [0.2, 0.25) is 5.91 Å². The van der Waals surface area contributed by atoms with Crippen LogP contribution in [0.25, 0.3) is 0 Å². The molecule has 3 N–H and O–H groups in total. The van der Waals surface area contributed by atoms with Crippen LogP contribution in [-0.4, -0.2) is 73.4 Å². The number of aliphatic hydroxyl groups is 1. The van der Waals surface area contributed by atoms with Crippen LogP contribution in [-0.2, 0) is 18.4 Å². The number of nitrogens with one attached hydrogen (secondary N) is 1. The molecular weight excluding hydrogens is 611 g/mol. The van der Waals surface area contributed by atoms with Crippen LogP contribution in [0.2, 0.25) is 0 Å². The zero-order valence-corrected chi connectivity index (χ0v) is 31.1. The number of aliphatic hydroxyl groups excluding tert-OH is 1. The summed E-state index contributed by atoms with van der Waals surface area (Å²) in [4.78, 5) is 22.8. The molecule has 0 rings (SSSR count). The van der Waals surface area contributed by atoms with Crippen molar-refractivity contribution in [3.05, 3.63) is 72.9 Å². The maximum absolute atomic E-state index is 12.7. The van der Waals surface area contributed by atoms with Gasteiger partial charge in [-0.05, 0) is 51.4 Å². The summed E-state index contributed by atoms with van der Waals surface area (Å²) in [6.45, 7) is 4.60. The second-order valence-corrected chi connectivity index (χ2v) is 14.3. The summed E-state index contributed by atoms with van der Waals surface area (Å²) in [5, 5.41) is 13.7. The highest BCUT2D eigenvalue weighted by Crippen LogP contribution is 2.43. The van der Waals surface area contributed by atoms with E-state index >= 15 is 0 Å². The second-order valence-electron chi connectivity index (χ2n) is 12.9. The molecule has 3 atom stereocenters. The molecule has 0 aromatic carbocycles. The number of carbonyl (C=O) groups is 1. The molecule has 0 saturated heterocycles. The van der Waals surface area contributed by atoms with Gasteiger partial charge < -0.3 is 19.8 Å². The molecule has 8 nitrogen and oxygen atoms in total. The molecule has 0 aliphatic carbocycles. The van der Waals surface area contributed by atoms with E-state index in [0.717, 1.165) is 57.8 Å². The first-order chi connectivity index (χ1) is 22.5. The van der Waals surface area contributed by atoms with Crippen molar-refractivity contribution in [1.82, 2.24) is 5.32 Å². The van der Waals surface area contributed by atoms with Gasteiger partial charge in [0.05, 0.1) is 39.9 Å². The third-order valence-corrected chi connectivity index (χ3v) is 8.22. The fourth-order valence-electron chi connectivity index (χ4n) is 4.36. The van der Waals surface area contributed by atoms with Gasteiger partial charge in [-0.1, -0.05) is 125 Å². The number of rotatable bonds is 30. The molecule has 0 heterocycles. The van der Waals surface area contributed by atoms with Gasteiger partial charge in [0.15, 0.2) is 0 Å². The van der Waals surface area contributed by atoms with Crippen molar-refractivity contribution >= 4 is 13.7 Å². The summed E-state index contributed by atoms with van der Waals surface area (Å²) < 4.78 is 23.3. The van der Waals surface area contributed by atoms with Gasteiger partial charge in [0.25, 0.3) is 0 Å². The van der Waals surface area contributed by atoms with Crippen LogP contribution in [0.4, 0.5) is 0 Å². The van der Waals surface area contributed by atoms with Crippen LogP contribution in [0.15, 0.2) is 72.9 Å². The number of hydrogen-bond acceptors (Lipinski definition) is 5. The van der Waals surface area contributed by atoms with Gasteiger partial charge in [-0.25, -0.2) is 4.57 Å². The minimum Gasteiger partial charge on any atom is -0.391 e. The third kappa shape index (κ3) is 32.3. The minimum atomic E-state index is -4.32. The van der Waals surface area contributed by atoms with E-state index in [1.54, 1.807) is 0 Å². The van der Waals surface area contributed by atoms with E-state index in [2.05, 4.69) is 79.9 Å². The molecule has 1 amide bonds. The quantitative estimate of drug-likeness (QED) is 0.0303. The van der Waals surface area contributed by atoms with E-state index in [4.69, 9.17) is 9.05 Å². The summed E-state index contributed by atoms with van der Waals surface area (Å²) in [5.41, 5.74) is 0. The van der Waals surface area contributed by atoms with E-state index in [1.165, 1.54) is 19.3 Å². The van der Waals surface area contributed by atoms with Crippen molar-refractivity contribution in [2.45, 2.75) is 122 Å². The van der Waals surface area contributed by atoms with Gasteiger partial charge in [0, 0.05) is 6.42 Å². The average Bonchev–Trinajstić information content (AvgIpc) is 3.01. The molecule has 270 valence electrons. The van der Waals surface area contributed by atoms with Crippen molar-refractivity contribution in [3.8, 4) is 0 Å². The van der Waals surface area contributed by atoms with Crippen LogP contribution in [0.3, 0.4) is 0 Å². The smallest absolute Gasteiger partial charge is 0.391 e. The lowest BCUT2D eigenvalue weighted by Gasteiger charge is -2.26. The molecule has 0 aromatic rings. The van der Waals surface area contributed by atoms with E-state index in [1.807, 2.05) is 33.3 Å². The van der Waals surface area contributed by atoms with Gasteiger partial charge in [-0.2, -0.15) is 0 Å². The zero-order chi connectivity index (χ0) is 35.1. The Balaban J connectivity index is 4.52. The number of allylic oxidation sites excluding steroid dienone is 12. The standard InChI is InChI=1S/C38H67N2O6P/c1-6-8-10-12-14-15-16-17-18-19-20-21-22-23-24-25-26-28-30-32-38(42)39-36(37(41)31-29-27-13-11-9-7-2)35-46-47(43,44)45-34-33-40(3,4)5/h8,10,14-15,17-18,20-21,23-24,26,28,36-37,41H,6-7,9,11-13,16,19,22,25,27,29-35H2,1-5H3,(H-,39,42,43,44)/p+1/b10-8-,15-14-,18-17-,21-20-,24-23-,28-26-. The monoisotopic (exact) mass is 679 g/mol. The molecule has 0 aliphatic rings. The summed E-state index contributed by atoms with van der Waals surface area (Å²) in [6, 6.07) is -0.800. The van der Waals surface area contributed by atoms with Crippen LogP contribution in [0, 0.1) is 0 Å². The number of nitrogens with zero attached hydrogens (tertiary/aromatic N) is 1. The number of likely N-dealkylation sites (N-methyl/N-ethyl adjacent to an activating group) is 1. The van der Waals surface area contributed by atoms with Crippen molar-refractivity contribution < 1.29 is 32.9 Å². The Morgan fingerprint density at radius 2 is 1.23 bits per heavy atom. The third-order valence-electron chi connectivity index (χ3n) is 7.23. The highest BCUT2D eigenvalue weighted by atomic mass is 31.2. The lowest BCUT2D eigenvalue weighted by molar-refractivity contribution is -0.870. The molecule has 0 fully saturated rings.